The molecule has 2 aliphatic heterocycles. The monoisotopic (exact) mass is 599 g/mol. The maximum atomic E-state index is 16.3. The van der Waals surface area contributed by atoms with Crippen LogP contribution in [0.15, 0.2) is 52.2 Å². The first-order valence-electron chi connectivity index (χ1n) is 13.0. The molecule has 16 heteroatoms. The molecule has 224 valence electrons. The number of halogens is 1. The summed E-state index contributed by atoms with van der Waals surface area (Å²) < 4.78 is 62.5. The number of aromatic nitrogens is 2. The van der Waals surface area contributed by atoms with Gasteiger partial charge < -0.3 is 23.5 Å². The molecule has 2 fully saturated rings. The van der Waals surface area contributed by atoms with Crippen LogP contribution in [-0.2, 0) is 32.8 Å². The lowest BCUT2D eigenvalue weighted by Crippen LogP contribution is -2.43. The fourth-order valence-corrected chi connectivity index (χ4v) is 5.73. The lowest BCUT2D eigenvalue weighted by molar-refractivity contribution is -0.207. The van der Waals surface area contributed by atoms with Crippen LogP contribution >= 0.6 is 7.75 Å². The number of nitrogens with one attached hydrogen (secondary N) is 2. The van der Waals surface area contributed by atoms with E-state index in [4.69, 9.17) is 28.0 Å². The van der Waals surface area contributed by atoms with Gasteiger partial charge in [-0.05, 0) is 25.0 Å². The van der Waals surface area contributed by atoms with E-state index in [0.29, 0.717) is 0 Å². The minimum Gasteiger partial charge on any atom is -0.464 e. The first kappa shape index (κ1) is 30.4. The van der Waals surface area contributed by atoms with E-state index in [1.165, 1.54) is 19.1 Å². The summed E-state index contributed by atoms with van der Waals surface area (Å²) in [5.41, 5.74) is -1.68. The van der Waals surface area contributed by atoms with Crippen molar-refractivity contribution < 1.29 is 46.5 Å². The van der Waals surface area contributed by atoms with Crippen molar-refractivity contribution >= 4 is 19.9 Å². The van der Waals surface area contributed by atoms with Crippen molar-refractivity contribution in [2.75, 3.05) is 13.2 Å². The van der Waals surface area contributed by atoms with Gasteiger partial charge in [-0.25, -0.2) is 18.5 Å². The highest BCUT2D eigenvalue weighted by molar-refractivity contribution is 7.52. The molecule has 1 aromatic heterocycles. The topological polar surface area (TPSA) is 173 Å². The third-order valence-corrected chi connectivity index (χ3v) is 8.25. The molecule has 1 aromatic carbocycles. The van der Waals surface area contributed by atoms with Gasteiger partial charge in [-0.3, -0.25) is 23.7 Å². The second-order valence-corrected chi connectivity index (χ2v) is 11.2. The highest BCUT2D eigenvalue weighted by Gasteiger charge is 2.65. The van der Waals surface area contributed by atoms with Crippen LogP contribution < -0.4 is 20.9 Å². The molecule has 0 saturated carbocycles. The van der Waals surface area contributed by atoms with E-state index >= 15 is 4.39 Å². The fraction of sp³-hybridized carbons (Fsp3) is 0.520. The summed E-state index contributed by atoms with van der Waals surface area (Å²) in [6.07, 6.45) is -3.37. The van der Waals surface area contributed by atoms with Gasteiger partial charge in [-0.2, -0.15) is 5.09 Å². The largest absolute Gasteiger partial charge is 0.509 e. The SMILES string of the molecule is CCC(CC)COC(=O)[C@H](C)N[P@](=O)(OC[C@@]1(F)O[C@@H](n2ccc(=O)[nH]c2=O)[C@@H]2OC(=O)O[C@@H]21)Oc1ccccc1. The molecule has 41 heavy (non-hydrogen) atoms. The number of carbonyl (C=O) groups is 2. The van der Waals surface area contributed by atoms with Gasteiger partial charge >= 0.3 is 25.6 Å². The van der Waals surface area contributed by atoms with Crippen molar-refractivity contribution in [2.24, 2.45) is 5.92 Å². The molecule has 2 saturated heterocycles. The second kappa shape index (κ2) is 12.6. The van der Waals surface area contributed by atoms with E-state index in [9.17, 15) is 23.7 Å². The Hall–Kier alpha value is -3.52. The number of hydrogen-bond donors (Lipinski definition) is 2. The number of carbonyl (C=O) groups excluding carboxylic acids is 2. The number of alkyl halides is 1. The van der Waals surface area contributed by atoms with Crippen LogP contribution in [0.2, 0.25) is 0 Å². The summed E-state index contributed by atoms with van der Waals surface area (Å²) in [7, 11) is -4.54. The summed E-state index contributed by atoms with van der Waals surface area (Å²) in [6, 6.07) is 7.58. The van der Waals surface area contributed by atoms with Gasteiger partial charge in [0, 0.05) is 12.3 Å². The molecule has 0 unspecified atom stereocenters. The number of esters is 1. The van der Waals surface area contributed by atoms with E-state index in [1.807, 2.05) is 18.8 Å². The zero-order valence-corrected chi connectivity index (χ0v) is 23.4. The predicted octanol–water partition coefficient (Wildman–Crippen LogP) is 2.80. The van der Waals surface area contributed by atoms with Crippen molar-refractivity contribution in [3.8, 4) is 5.75 Å². The highest BCUT2D eigenvalue weighted by atomic mass is 31.2. The number of benzene rings is 1. The van der Waals surface area contributed by atoms with E-state index in [-0.39, 0.29) is 18.3 Å². The van der Waals surface area contributed by atoms with Crippen molar-refractivity contribution in [3.05, 3.63) is 63.4 Å². The predicted molar refractivity (Wildman–Crippen MR) is 139 cm³/mol. The summed E-state index contributed by atoms with van der Waals surface area (Å²) in [4.78, 5) is 50.3. The van der Waals surface area contributed by atoms with E-state index in [2.05, 4.69) is 5.09 Å². The van der Waals surface area contributed by atoms with Gasteiger partial charge in [-0.1, -0.05) is 44.9 Å². The van der Waals surface area contributed by atoms with Crippen LogP contribution in [0.25, 0.3) is 0 Å². The van der Waals surface area contributed by atoms with Crippen molar-refractivity contribution in [1.82, 2.24) is 14.6 Å². The average Bonchev–Trinajstić information content (AvgIpc) is 3.45. The van der Waals surface area contributed by atoms with E-state index < -0.39 is 68.1 Å². The fourth-order valence-electron chi connectivity index (χ4n) is 4.23. The molecule has 3 heterocycles. The van der Waals surface area contributed by atoms with Crippen LogP contribution in [0.1, 0.15) is 39.8 Å². The van der Waals surface area contributed by atoms with Gasteiger partial charge in [-0.15, -0.1) is 0 Å². The number of H-pyrrole nitrogens is 1. The third kappa shape index (κ3) is 7.04. The molecule has 0 spiro atoms. The zero-order valence-electron chi connectivity index (χ0n) is 22.5. The maximum Gasteiger partial charge on any atom is 0.509 e. The second-order valence-electron chi connectivity index (χ2n) is 9.52. The number of para-hydroxylation sites is 1. The highest BCUT2D eigenvalue weighted by Crippen LogP contribution is 2.50. The normalized spacial score (nSPS) is 25.6. The molecular formula is C25H31FN3O11P. The Balaban J connectivity index is 1.54. The Morgan fingerprint density at radius 3 is 2.54 bits per heavy atom. The maximum absolute atomic E-state index is 16.3. The number of fused-ring (bicyclic) bond motifs is 1. The Kier molecular flexibility index (Phi) is 9.32. The number of nitrogens with zero attached hydrogens (tertiary/aromatic N) is 1. The zero-order chi connectivity index (χ0) is 29.8. The summed E-state index contributed by atoms with van der Waals surface area (Å²) in [5.74, 6) is -3.51. The van der Waals surface area contributed by atoms with Crippen molar-refractivity contribution in [3.63, 3.8) is 0 Å². The minimum absolute atomic E-state index is 0.0763. The van der Waals surface area contributed by atoms with Crippen LogP contribution in [0.5, 0.6) is 5.75 Å². The van der Waals surface area contributed by atoms with Gasteiger partial charge in [0.2, 0.25) is 6.10 Å². The molecule has 2 aromatic rings. The molecular weight excluding hydrogens is 568 g/mol. The Morgan fingerprint density at radius 1 is 1.17 bits per heavy atom. The molecule has 14 nitrogen and oxygen atoms in total. The smallest absolute Gasteiger partial charge is 0.464 e. The van der Waals surface area contributed by atoms with Crippen molar-refractivity contribution in [1.29, 1.82) is 0 Å². The van der Waals surface area contributed by atoms with Gasteiger partial charge in [0.1, 0.15) is 18.4 Å². The number of rotatable bonds is 13. The Bertz CT molecular complexity index is 1400. The summed E-state index contributed by atoms with van der Waals surface area (Å²) in [5, 5.41) is 2.45. The minimum atomic E-state index is -4.54. The molecule has 0 radical (unpaired) electrons. The van der Waals surface area contributed by atoms with Gasteiger partial charge in [0.05, 0.1) is 6.61 Å². The van der Waals surface area contributed by atoms with Gasteiger partial charge in [0.15, 0.2) is 12.3 Å². The molecule has 2 N–H and O–H groups in total. The number of ether oxygens (including phenoxy) is 4. The molecule has 6 atom stereocenters. The van der Waals surface area contributed by atoms with E-state index in [1.54, 1.807) is 18.2 Å². The van der Waals surface area contributed by atoms with Crippen LogP contribution in [0, 0.1) is 5.92 Å². The number of hydrogen-bond acceptors (Lipinski definition) is 11. The molecule has 0 aliphatic carbocycles. The Morgan fingerprint density at radius 2 is 1.88 bits per heavy atom. The van der Waals surface area contributed by atoms with Gasteiger partial charge in [0.25, 0.3) is 11.4 Å². The molecule has 4 rings (SSSR count). The van der Waals surface area contributed by atoms with Crippen molar-refractivity contribution in [2.45, 2.75) is 63.9 Å². The van der Waals surface area contributed by atoms with Crippen LogP contribution in [-0.4, -0.2) is 59.0 Å². The lowest BCUT2D eigenvalue weighted by Gasteiger charge is -2.27. The van der Waals surface area contributed by atoms with Crippen LogP contribution in [0.3, 0.4) is 0 Å². The third-order valence-electron chi connectivity index (χ3n) is 6.62. The standard InChI is InChI=1S/C25H31FN3O11P/c1-4-16(5-2)13-35-22(31)15(3)28-41(34,40-17-9-7-6-8-10-17)36-14-25(26)20-19(37-24(33)38-20)21(39-25)29-12-11-18(30)27-23(29)32/h6-12,15-16,19-21H,4-5,13-14H2,1-3H3,(H,28,34)(H,27,30,32)/t15-,19+,20-,21+,25+,41-/m0/s1. The Labute approximate surface area is 233 Å². The first-order valence-corrected chi connectivity index (χ1v) is 14.5. The molecule has 0 bridgehead atoms. The molecule has 0 amide bonds. The first-order chi connectivity index (χ1) is 19.5. The quantitative estimate of drug-likeness (QED) is 0.255. The summed E-state index contributed by atoms with van der Waals surface area (Å²) in [6.45, 7) is 4.31. The number of aromatic amines is 1. The summed E-state index contributed by atoms with van der Waals surface area (Å²) >= 11 is 0. The van der Waals surface area contributed by atoms with Crippen LogP contribution in [0.4, 0.5) is 9.18 Å². The average molecular weight is 600 g/mol. The lowest BCUT2D eigenvalue weighted by atomic mass is 10.1. The molecule has 2 aliphatic rings. The van der Waals surface area contributed by atoms with E-state index in [0.717, 1.165) is 29.7 Å².